The molecule has 0 bridgehead atoms. The minimum atomic E-state index is -0.954. The molecule has 1 aromatic carbocycles. The second-order valence-corrected chi connectivity index (χ2v) is 4.21. The Morgan fingerprint density at radius 3 is 2.35 bits per heavy atom. The second kappa shape index (κ2) is 5.06. The van der Waals surface area contributed by atoms with Gasteiger partial charge in [0.15, 0.2) is 0 Å². The average Bonchev–Trinajstić information content (AvgIpc) is 2.28. The van der Waals surface area contributed by atoms with E-state index in [1.54, 1.807) is 0 Å². The lowest BCUT2D eigenvalue weighted by molar-refractivity contribution is -0.00133. The third-order valence-electron chi connectivity index (χ3n) is 2.99. The number of ether oxygens (including phenoxy) is 1. The van der Waals surface area contributed by atoms with E-state index in [2.05, 4.69) is 0 Å². The molecule has 2 N–H and O–H groups in total. The van der Waals surface area contributed by atoms with Crippen LogP contribution in [-0.2, 0) is 4.74 Å². The van der Waals surface area contributed by atoms with Crippen LogP contribution in [0.15, 0.2) is 12.1 Å². The standard InChI is InChI=1S/C12H14F3NO/c13-7-5-8(14)11(9(15)6-7)12(16)10-3-1-2-4-17-10/h5-6,10,12H,1-4,16H2. The zero-order chi connectivity index (χ0) is 12.4. The molecule has 1 fully saturated rings. The highest BCUT2D eigenvalue weighted by atomic mass is 19.1. The Hall–Kier alpha value is -1.07. The molecule has 1 aliphatic heterocycles. The molecule has 0 saturated carbocycles. The van der Waals surface area contributed by atoms with Gasteiger partial charge in [0, 0.05) is 24.3 Å². The lowest BCUT2D eigenvalue weighted by Crippen LogP contribution is -2.33. The van der Waals surface area contributed by atoms with Crippen molar-refractivity contribution in [2.24, 2.45) is 5.73 Å². The van der Waals surface area contributed by atoms with Crippen molar-refractivity contribution >= 4 is 0 Å². The van der Waals surface area contributed by atoms with Crippen LogP contribution in [0.25, 0.3) is 0 Å². The van der Waals surface area contributed by atoms with Crippen molar-refractivity contribution in [3.63, 3.8) is 0 Å². The van der Waals surface area contributed by atoms with Crippen LogP contribution in [0.1, 0.15) is 30.9 Å². The summed E-state index contributed by atoms with van der Waals surface area (Å²) in [7, 11) is 0. The minimum Gasteiger partial charge on any atom is -0.376 e. The fraction of sp³-hybridized carbons (Fsp3) is 0.500. The second-order valence-electron chi connectivity index (χ2n) is 4.21. The zero-order valence-electron chi connectivity index (χ0n) is 9.26. The average molecular weight is 245 g/mol. The van der Waals surface area contributed by atoms with Gasteiger partial charge in [0.25, 0.3) is 0 Å². The predicted molar refractivity (Wildman–Crippen MR) is 56.8 cm³/mol. The first-order valence-electron chi connectivity index (χ1n) is 5.61. The third-order valence-corrected chi connectivity index (χ3v) is 2.99. The molecule has 0 spiro atoms. The van der Waals surface area contributed by atoms with Gasteiger partial charge in [0.05, 0.1) is 12.1 Å². The molecule has 1 aromatic rings. The summed E-state index contributed by atoms with van der Waals surface area (Å²) >= 11 is 0. The summed E-state index contributed by atoms with van der Waals surface area (Å²) in [5, 5.41) is 0. The Morgan fingerprint density at radius 1 is 1.18 bits per heavy atom. The number of nitrogens with two attached hydrogens (primary N) is 1. The number of hydrogen-bond donors (Lipinski definition) is 1. The topological polar surface area (TPSA) is 35.2 Å². The highest BCUT2D eigenvalue weighted by Gasteiger charge is 2.27. The maximum absolute atomic E-state index is 13.5. The van der Waals surface area contributed by atoms with E-state index < -0.39 is 29.6 Å². The molecule has 2 atom stereocenters. The van der Waals surface area contributed by atoms with Gasteiger partial charge in [0.2, 0.25) is 0 Å². The van der Waals surface area contributed by atoms with Gasteiger partial charge in [-0.25, -0.2) is 13.2 Å². The molecule has 17 heavy (non-hydrogen) atoms. The van der Waals surface area contributed by atoms with Crippen LogP contribution in [0.2, 0.25) is 0 Å². The fourth-order valence-corrected chi connectivity index (χ4v) is 2.11. The highest BCUT2D eigenvalue weighted by Crippen LogP contribution is 2.28. The van der Waals surface area contributed by atoms with Crippen LogP contribution in [0.3, 0.4) is 0 Å². The maximum Gasteiger partial charge on any atom is 0.133 e. The van der Waals surface area contributed by atoms with Gasteiger partial charge in [-0.1, -0.05) is 0 Å². The Morgan fingerprint density at radius 2 is 1.82 bits per heavy atom. The normalized spacial score (nSPS) is 22.5. The molecule has 2 nitrogen and oxygen atoms in total. The monoisotopic (exact) mass is 245 g/mol. The summed E-state index contributed by atoms with van der Waals surface area (Å²) in [5.74, 6) is -2.85. The van der Waals surface area contributed by atoms with E-state index in [9.17, 15) is 13.2 Å². The van der Waals surface area contributed by atoms with Crippen molar-refractivity contribution in [1.82, 2.24) is 0 Å². The lowest BCUT2D eigenvalue weighted by atomic mass is 9.95. The molecule has 0 aliphatic carbocycles. The van der Waals surface area contributed by atoms with Crippen LogP contribution in [0.5, 0.6) is 0 Å². The zero-order valence-corrected chi connectivity index (χ0v) is 9.26. The summed E-state index contributed by atoms with van der Waals surface area (Å²) in [6.07, 6.45) is 2.11. The van der Waals surface area contributed by atoms with Crippen molar-refractivity contribution < 1.29 is 17.9 Å². The Kier molecular flexibility index (Phi) is 3.69. The molecule has 0 aromatic heterocycles. The van der Waals surface area contributed by atoms with Crippen molar-refractivity contribution in [1.29, 1.82) is 0 Å². The summed E-state index contributed by atoms with van der Waals surface area (Å²) in [6, 6.07) is 0.387. The Balaban J connectivity index is 2.26. The van der Waals surface area contributed by atoms with Crippen molar-refractivity contribution in [2.45, 2.75) is 31.4 Å². The minimum absolute atomic E-state index is 0.293. The quantitative estimate of drug-likeness (QED) is 0.869. The Labute approximate surface area is 97.6 Å². The molecule has 0 amide bonds. The maximum atomic E-state index is 13.5. The molecule has 1 heterocycles. The first kappa shape index (κ1) is 12.4. The first-order chi connectivity index (χ1) is 8.09. The van der Waals surface area contributed by atoms with Gasteiger partial charge in [-0.05, 0) is 19.3 Å². The smallest absolute Gasteiger partial charge is 0.133 e. The van der Waals surface area contributed by atoms with Crippen LogP contribution in [0, 0.1) is 17.5 Å². The Bertz CT molecular complexity index is 382. The van der Waals surface area contributed by atoms with Crippen molar-refractivity contribution in [2.75, 3.05) is 6.61 Å². The van der Waals surface area contributed by atoms with Gasteiger partial charge in [0.1, 0.15) is 17.5 Å². The third kappa shape index (κ3) is 2.61. The SMILES string of the molecule is NC(c1c(F)cc(F)cc1F)C1CCCCO1. The molecule has 0 radical (unpaired) electrons. The van der Waals surface area contributed by atoms with Gasteiger partial charge in [-0.2, -0.15) is 0 Å². The number of hydrogen-bond acceptors (Lipinski definition) is 2. The van der Waals surface area contributed by atoms with Crippen LogP contribution >= 0.6 is 0 Å². The molecule has 1 aliphatic rings. The molecule has 5 heteroatoms. The number of benzene rings is 1. The van der Waals surface area contributed by atoms with E-state index >= 15 is 0 Å². The van der Waals surface area contributed by atoms with Gasteiger partial charge < -0.3 is 10.5 Å². The van der Waals surface area contributed by atoms with Crippen LogP contribution in [-0.4, -0.2) is 12.7 Å². The summed E-state index contributed by atoms with van der Waals surface area (Å²) < 4.78 is 45.1. The molecular weight excluding hydrogens is 231 g/mol. The summed E-state index contributed by atoms with van der Waals surface area (Å²) in [5.41, 5.74) is 5.50. The molecule has 2 unspecified atom stereocenters. The molecule has 94 valence electrons. The van der Waals surface area contributed by atoms with Crippen molar-refractivity contribution in [3.8, 4) is 0 Å². The summed E-state index contributed by atoms with van der Waals surface area (Å²) in [4.78, 5) is 0. The van der Waals surface area contributed by atoms with Crippen molar-refractivity contribution in [3.05, 3.63) is 35.1 Å². The van der Waals surface area contributed by atoms with Crippen LogP contribution in [0.4, 0.5) is 13.2 Å². The lowest BCUT2D eigenvalue weighted by Gasteiger charge is -2.28. The highest BCUT2D eigenvalue weighted by molar-refractivity contribution is 5.25. The molecule has 2 rings (SSSR count). The number of halogens is 3. The number of rotatable bonds is 2. The molecular formula is C12H14F3NO. The van der Waals surface area contributed by atoms with E-state index in [-0.39, 0.29) is 5.56 Å². The van der Waals surface area contributed by atoms with Gasteiger partial charge >= 0.3 is 0 Å². The van der Waals surface area contributed by atoms with E-state index in [0.717, 1.165) is 12.8 Å². The largest absolute Gasteiger partial charge is 0.376 e. The van der Waals surface area contributed by atoms with Gasteiger partial charge in [-0.15, -0.1) is 0 Å². The predicted octanol–water partition coefficient (Wildman–Crippen LogP) is 2.67. The van der Waals surface area contributed by atoms with Gasteiger partial charge in [-0.3, -0.25) is 0 Å². The van der Waals surface area contributed by atoms with E-state index in [4.69, 9.17) is 10.5 Å². The first-order valence-corrected chi connectivity index (χ1v) is 5.61. The summed E-state index contributed by atoms with van der Waals surface area (Å²) in [6.45, 7) is 0.544. The van der Waals surface area contributed by atoms with E-state index in [1.807, 2.05) is 0 Å². The fourth-order valence-electron chi connectivity index (χ4n) is 2.11. The molecule has 1 saturated heterocycles. The van der Waals surface area contributed by atoms with Crippen LogP contribution < -0.4 is 5.73 Å². The van der Waals surface area contributed by atoms with E-state index in [0.29, 0.717) is 25.2 Å². The van der Waals surface area contributed by atoms with E-state index in [1.165, 1.54) is 0 Å².